The summed E-state index contributed by atoms with van der Waals surface area (Å²) in [4.78, 5) is 85.4. The van der Waals surface area contributed by atoms with E-state index in [0.717, 1.165) is 35.7 Å². The van der Waals surface area contributed by atoms with Gasteiger partial charge in [-0.15, -0.1) is 0 Å². The molecule has 0 aliphatic heterocycles. The van der Waals surface area contributed by atoms with Crippen LogP contribution in [0.2, 0.25) is 15.1 Å². The molecule has 2 fully saturated rings. The Kier molecular flexibility index (Phi) is 32.7. The minimum Gasteiger partial charge on any atom is -0.477 e. The van der Waals surface area contributed by atoms with Crippen LogP contribution in [-0.2, 0) is 14.2 Å². The van der Waals surface area contributed by atoms with Gasteiger partial charge in [0.05, 0.1) is 34.8 Å². The number of carboxylic acid groups (broad SMARTS) is 2. The van der Waals surface area contributed by atoms with Gasteiger partial charge in [0.1, 0.15) is 28.2 Å². The lowest BCUT2D eigenvalue weighted by molar-refractivity contribution is 0.00496. The first kappa shape index (κ1) is 76.6. The quantitative estimate of drug-likeness (QED) is 0.0876. The van der Waals surface area contributed by atoms with E-state index in [1.165, 1.54) is 43.1 Å². The lowest BCUT2D eigenvalue weighted by Gasteiger charge is -2.20. The van der Waals surface area contributed by atoms with Crippen LogP contribution >= 0.6 is 66.7 Å². The number of pyridine rings is 5. The smallest absolute Gasteiger partial charge is 0.359 e. The number of esters is 3. The molecule has 18 nitrogen and oxygen atoms in total. The van der Waals surface area contributed by atoms with Crippen LogP contribution < -0.4 is 0 Å². The highest BCUT2D eigenvalue weighted by Crippen LogP contribution is 2.43. The maximum atomic E-state index is 12.1. The van der Waals surface area contributed by atoms with Crippen LogP contribution in [0.3, 0.4) is 0 Å². The largest absolute Gasteiger partial charge is 0.477 e. The van der Waals surface area contributed by atoms with Gasteiger partial charge >= 0.3 is 29.8 Å². The number of aromatic nitrogens is 5. The molecule has 2 aliphatic carbocycles. The SMILES string of the molecule is C.C.C.C.C.CC(C)(C)OC(=O)c1ncc(Br)cc1Cl.O=C(O)c1ncc(Br)cc1Cl.[C-]#[N+]c1cnc(C(=O)O)c(C2CC2)c1.[C-]#[N+]c1cnc(C(=O)OC(C)(C)C)c(C2CC2)c1.[C-]#[N+]c1cnc(C(=O)OC(C)(C)C)c(Cl)c1. The van der Waals surface area contributed by atoms with E-state index in [9.17, 15) is 24.0 Å². The molecule has 5 aromatic rings. The highest BCUT2D eigenvalue weighted by molar-refractivity contribution is 9.10. The molecule has 2 saturated carbocycles. The second-order valence-electron chi connectivity index (χ2n) is 18.8. The number of hydrogen-bond donors (Lipinski definition) is 2. The maximum absolute atomic E-state index is 12.1. The van der Waals surface area contributed by atoms with Gasteiger partial charge in [-0.1, -0.05) is 71.9 Å². The second-order valence-corrected chi connectivity index (χ2v) is 21.8. The normalized spacial score (nSPS) is 11.7. The topological polar surface area (TPSA) is 231 Å². The van der Waals surface area contributed by atoms with Crippen LogP contribution in [0, 0.1) is 19.7 Å². The van der Waals surface area contributed by atoms with Crippen molar-refractivity contribution >= 4 is 114 Å². The summed E-state index contributed by atoms with van der Waals surface area (Å²) < 4.78 is 17.0. The lowest BCUT2D eigenvalue weighted by atomic mass is 10.1. The lowest BCUT2D eigenvalue weighted by Crippen LogP contribution is -2.25. The monoisotopic (exact) mass is 1280 g/mol. The molecule has 0 atom stereocenters. The van der Waals surface area contributed by atoms with Crippen LogP contribution in [-0.4, -0.2) is 81.8 Å². The number of nitrogens with zero attached hydrogens (tertiary/aromatic N) is 8. The summed E-state index contributed by atoms with van der Waals surface area (Å²) in [6.45, 7) is 36.7. The van der Waals surface area contributed by atoms with E-state index >= 15 is 0 Å². The first-order valence-corrected chi connectivity index (χ1v) is 24.6. The molecule has 2 N–H and O–H groups in total. The maximum Gasteiger partial charge on any atom is 0.359 e. The van der Waals surface area contributed by atoms with Gasteiger partial charge in [0.25, 0.3) is 0 Å². The molecule has 0 radical (unpaired) electrons. The van der Waals surface area contributed by atoms with Crippen LogP contribution in [0.4, 0.5) is 17.1 Å². The number of hydrogen-bond acceptors (Lipinski definition) is 13. The standard InChI is InChI=1S/C14H16N2O2.C11H11ClN2O2.C10H11BrClNO2.C10H8N2O2.C6H3BrClNO2.5CH4/c1-14(2,3)18-13(17)12-11(9-5-6-9)7-10(15-4)8-16-12;1-11(2,3)16-10(15)9-8(12)5-7(13-4)6-14-9;1-10(2,3)15-9(14)8-7(12)4-6(11)5-13-8;1-11-7-4-8(6-2-3-6)9(10(13)14)12-5-7;7-3-1-4(8)5(6(10)11)9-2-3;;;;;/h7-9H,5-6H2,1-3H3;5-6H,1-3H3;4-5H,1-3H3;4-6H,2-3H2,(H,13,14);1-2H,(H,10,11);5*1H4. The van der Waals surface area contributed by atoms with Crippen molar-refractivity contribution in [1.82, 2.24) is 24.9 Å². The van der Waals surface area contributed by atoms with Crippen LogP contribution in [0.25, 0.3) is 14.5 Å². The van der Waals surface area contributed by atoms with E-state index in [1.54, 1.807) is 59.7 Å². The molecule has 0 aromatic carbocycles. The van der Waals surface area contributed by atoms with Crippen LogP contribution in [0.1, 0.15) is 201 Å². The minimum atomic E-state index is -1.12. The molecule has 0 saturated heterocycles. The molecule has 79 heavy (non-hydrogen) atoms. The van der Waals surface area contributed by atoms with Crippen molar-refractivity contribution in [2.24, 2.45) is 0 Å². The Morgan fingerprint density at radius 1 is 0.468 bits per heavy atom. The molecule has 428 valence electrons. The number of carbonyl (C=O) groups is 5. The number of carbonyl (C=O) groups excluding carboxylic acids is 3. The summed E-state index contributed by atoms with van der Waals surface area (Å²) in [5.41, 5.74) is 1.57. The molecular weight excluding hydrogens is 1210 g/mol. The van der Waals surface area contributed by atoms with Gasteiger partial charge in [-0.05, 0) is 173 Å². The van der Waals surface area contributed by atoms with Gasteiger partial charge in [0.2, 0.25) is 17.1 Å². The third kappa shape index (κ3) is 26.7. The summed E-state index contributed by atoms with van der Waals surface area (Å²) in [5.74, 6) is -2.97. The van der Waals surface area contributed by atoms with E-state index in [-0.39, 0.29) is 80.7 Å². The molecule has 5 aromatic heterocycles. The Bertz CT molecular complexity index is 3040. The first-order chi connectivity index (χ1) is 34.4. The molecule has 0 unspecified atom stereocenters. The van der Waals surface area contributed by atoms with Crippen molar-refractivity contribution in [1.29, 1.82) is 0 Å². The molecule has 0 spiro atoms. The Morgan fingerprint density at radius 2 is 0.734 bits per heavy atom. The zero-order chi connectivity index (χ0) is 55.9. The van der Waals surface area contributed by atoms with Crippen molar-refractivity contribution < 1.29 is 48.4 Å². The fourth-order valence-corrected chi connectivity index (χ4v) is 7.23. The predicted octanol–water partition coefficient (Wildman–Crippen LogP) is 17.7. The van der Waals surface area contributed by atoms with E-state index in [0.29, 0.717) is 38.9 Å². The summed E-state index contributed by atoms with van der Waals surface area (Å²) in [7, 11) is 0. The molecular formula is C56H69Br2Cl3N8O10. The molecule has 5 heterocycles. The Morgan fingerprint density at radius 3 is 1.03 bits per heavy atom. The van der Waals surface area contributed by atoms with Crippen molar-refractivity contribution in [2.75, 3.05) is 0 Å². The number of aromatic carboxylic acids is 2. The molecule has 2 aliphatic rings. The number of ether oxygens (including phenoxy) is 3. The summed E-state index contributed by atoms with van der Waals surface area (Å²) >= 11 is 23.5. The van der Waals surface area contributed by atoms with Crippen molar-refractivity contribution in [2.45, 2.75) is 154 Å². The van der Waals surface area contributed by atoms with E-state index in [2.05, 4.69) is 71.3 Å². The van der Waals surface area contributed by atoms with Crippen molar-refractivity contribution in [3.05, 3.63) is 159 Å². The first-order valence-electron chi connectivity index (χ1n) is 21.9. The average molecular weight is 1280 g/mol. The van der Waals surface area contributed by atoms with Crippen molar-refractivity contribution in [3.63, 3.8) is 0 Å². The van der Waals surface area contributed by atoms with Gasteiger partial charge in [0.15, 0.2) is 17.1 Å². The van der Waals surface area contributed by atoms with Gasteiger partial charge < -0.3 is 24.4 Å². The second kappa shape index (κ2) is 33.7. The Balaban J connectivity index is -0.000000906. The average Bonchev–Trinajstić information content (AvgIpc) is 4.23. The number of halogens is 5. The summed E-state index contributed by atoms with van der Waals surface area (Å²) in [6.07, 6.45) is 11.0. The van der Waals surface area contributed by atoms with Gasteiger partial charge in [0, 0.05) is 39.9 Å². The van der Waals surface area contributed by atoms with Crippen LogP contribution in [0.15, 0.2) is 70.3 Å². The minimum absolute atomic E-state index is 0. The van der Waals surface area contributed by atoms with Gasteiger partial charge in [-0.2, -0.15) is 0 Å². The van der Waals surface area contributed by atoms with E-state index < -0.39 is 46.6 Å². The number of rotatable bonds is 7. The summed E-state index contributed by atoms with van der Waals surface area (Å²) in [6, 6.07) is 7.88. The Hall–Kier alpha value is -6.60. The highest BCUT2D eigenvalue weighted by Gasteiger charge is 2.32. The third-order valence-electron chi connectivity index (χ3n) is 8.85. The summed E-state index contributed by atoms with van der Waals surface area (Å²) in [5, 5.41) is 17.9. The Labute approximate surface area is 496 Å². The van der Waals surface area contributed by atoms with Gasteiger partial charge in [-0.3, -0.25) is 15.0 Å². The van der Waals surface area contributed by atoms with E-state index in [1.807, 2.05) is 20.8 Å². The molecule has 0 bridgehead atoms. The zero-order valence-electron chi connectivity index (χ0n) is 41.4. The zero-order valence-corrected chi connectivity index (χ0v) is 46.8. The van der Waals surface area contributed by atoms with E-state index in [4.69, 9.17) is 78.9 Å². The van der Waals surface area contributed by atoms with Gasteiger partial charge in [-0.25, -0.2) is 48.5 Å². The molecule has 7 rings (SSSR count). The van der Waals surface area contributed by atoms with Crippen LogP contribution in [0.5, 0.6) is 0 Å². The highest BCUT2D eigenvalue weighted by atomic mass is 79.9. The molecule has 23 heteroatoms. The number of carboxylic acids is 2. The fourth-order valence-electron chi connectivity index (χ4n) is 5.58. The predicted molar refractivity (Wildman–Crippen MR) is 317 cm³/mol. The fraction of sp³-hybridized carbons (Fsp3) is 0.411. The molecule has 0 amide bonds. The van der Waals surface area contributed by atoms with Crippen molar-refractivity contribution in [3.8, 4) is 0 Å². The third-order valence-corrected chi connectivity index (χ3v) is 10.6.